The van der Waals surface area contributed by atoms with Crippen LogP contribution in [0.1, 0.15) is 22.6 Å². The Hall–Kier alpha value is -4.91. The highest BCUT2D eigenvalue weighted by Crippen LogP contribution is 2.44. The summed E-state index contributed by atoms with van der Waals surface area (Å²) >= 11 is 0. The minimum atomic E-state index is -1.14. The SMILES string of the molecule is O=C(N[C@@H](Cc1c[nH]c2cc(-c3cccnc3)ccc12)C(=O)O)OCC1c2ccccc2-c2ccccc21. The lowest BCUT2D eigenvalue weighted by Crippen LogP contribution is -2.42. The number of aromatic nitrogens is 2. The number of H-pyrrole nitrogens is 1. The molecule has 0 fully saturated rings. The number of hydrogen-bond donors (Lipinski definition) is 3. The average molecular weight is 504 g/mol. The van der Waals surface area contributed by atoms with Gasteiger partial charge in [-0.15, -0.1) is 0 Å². The Balaban J connectivity index is 1.15. The quantitative estimate of drug-likeness (QED) is 0.262. The monoisotopic (exact) mass is 503 g/mol. The molecule has 2 aromatic heterocycles. The number of amides is 1. The number of nitrogens with zero attached hydrogens (tertiary/aromatic N) is 1. The normalized spacial score (nSPS) is 13.1. The van der Waals surface area contributed by atoms with Gasteiger partial charge in [0.25, 0.3) is 0 Å². The molecule has 3 N–H and O–H groups in total. The van der Waals surface area contributed by atoms with Gasteiger partial charge in [-0.2, -0.15) is 0 Å². The zero-order chi connectivity index (χ0) is 26.1. The van der Waals surface area contributed by atoms with Crippen molar-refractivity contribution >= 4 is 23.0 Å². The number of carbonyl (C=O) groups excluding carboxylic acids is 1. The zero-order valence-electron chi connectivity index (χ0n) is 20.4. The molecular weight excluding hydrogens is 478 g/mol. The molecule has 7 heteroatoms. The van der Waals surface area contributed by atoms with Gasteiger partial charge in [-0.05, 0) is 45.5 Å². The van der Waals surface area contributed by atoms with E-state index < -0.39 is 18.1 Å². The average Bonchev–Trinajstić information content (AvgIpc) is 3.50. The molecule has 5 aromatic rings. The fraction of sp³-hybridized carbons (Fsp3) is 0.129. The number of fused-ring (bicyclic) bond motifs is 4. The first-order valence-electron chi connectivity index (χ1n) is 12.4. The van der Waals surface area contributed by atoms with Crippen molar-refractivity contribution in [1.82, 2.24) is 15.3 Å². The highest BCUT2D eigenvalue weighted by Gasteiger charge is 2.30. The van der Waals surface area contributed by atoms with Crippen LogP contribution in [-0.2, 0) is 16.0 Å². The van der Waals surface area contributed by atoms with E-state index in [1.54, 1.807) is 18.6 Å². The van der Waals surface area contributed by atoms with E-state index >= 15 is 0 Å². The predicted octanol–water partition coefficient (Wildman–Crippen LogP) is 5.76. The van der Waals surface area contributed by atoms with E-state index in [-0.39, 0.29) is 18.9 Å². The van der Waals surface area contributed by atoms with Crippen molar-refractivity contribution in [3.05, 3.63) is 114 Å². The van der Waals surface area contributed by atoms with Crippen LogP contribution in [0.3, 0.4) is 0 Å². The van der Waals surface area contributed by atoms with E-state index in [9.17, 15) is 14.7 Å². The highest BCUT2D eigenvalue weighted by atomic mass is 16.5. The molecule has 38 heavy (non-hydrogen) atoms. The van der Waals surface area contributed by atoms with Crippen LogP contribution in [0.2, 0.25) is 0 Å². The molecule has 0 saturated heterocycles. The van der Waals surface area contributed by atoms with E-state index in [4.69, 9.17) is 4.74 Å². The molecule has 2 heterocycles. The molecule has 1 atom stereocenters. The third-order valence-corrected chi connectivity index (χ3v) is 7.12. The standard InChI is InChI=1S/C31H25N3O4/c35-30(36)29(15-21-17-33-28-14-19(11-12-22(21)28)20-6-5-13-32-16-20)34-31(37)38-18-27-25-9-3-1-7-23(25)24-8-2-4-10-26(24)27/h1-14,16-17,27,29,33H,15,18H2,(H,34,37)(H,35,36)/t29-/m0/s1. The van der Waals surface area contributed by atoms with E-state index in [0.29, 0.717) is 0 Å². The number of carbonyl (C=O) groups is 2. The van der Waals surface area contributed by atoms with Crippen LogP contribution in [0.25, 0.3) is 33.2 Å². The first kappa shape index (κ1) is 23.5. The summed E-state index contributed by atoms with van der Waals surface area (Å²) in [5.74, 6) is -1.22. The number of carboxylic acids is 1. The second-order valence-electron chi connectivity index (χ2n) is 9.38. The smallest absolute Gasteiger partial charge is 0.407 e. The van der Waals surface area contributed by atoms with Crippen LogP contribution in [-0.4, -0.2) is 39.8 Å². The molecule has 0 unspecified atom stereocenters. The number of nitrogens with one attached hydrogen (secondary N) is 2. The molecule has 188 valence electrons. The lowest BCUT2D eigenvalue weighted by Gasteiger charge is -2.17. The number of ether oxygens (including phenoxy) is 1. The van der Waals surface area contributed by atoms with E-state index in [1.165, 1.54) is 0 Å². The van der Waals surface area contributed by atoms with Gasteiger partial charge in [0, 0.05) is 47.4 Å². The fourth-order valence-electron chi connectivity index (χ4n) is 5.27. The predicted molar refractivity (Wildman–Crippen MR) is 145 cm³/mol. The van der Waals surface area contributed by atoms with Crippen LogP contribution in [0.15, 0.2) is 97.5 Å². The fourth-order valence-corrected chi connectivity index (χ4v) is 5.27. The van der Waals surface area contributed by atoms with Gasteiger partial charge in [0.05, 0.1) is 0 Å². The number of aromatic amines is 1. The molecule has 1 amide bonds. The molecule has 1 aliphatic rings. The summed E-state index contributed by atoms with van der Waals surface area (Å²) in [6, 6.07) is 24.8. The van der Waals surface area contributed by atoms with E-state index in [0.717, 1.165) is 49.8 Å². The Labute approximate surface area is 219 Å². The van der Waals surface area contributed by atoms with Gasteiger partial charge in [0.2, 0.25) is 0 Å². The number of hydrogen-bond acceptors (Lipinski definition) is 4. The summed E-state index contributed by atoms with van der Waals surface area (Å²) in [6.45, 7) is 0.121. The Morgan fingerprint density at radius 1 is 0.947 bits per heavy atom. The minimum Gasteiger partial charge on any atom is -0.480 e. The van der Waals surface area contributed by atoms with Crippen LogP contribution < -0.4 is 5.32 Å². The van der Waals surface area contributed by atoms with Gasteiger partial charge < -0.3 is 20.1 Å². The van der Waals surface area contributed by atoms with Gasteiger partial charge in [0.15, 0.2) is 0 Å². The largest absolute Gasteiger partial charge is 0.480 e. The molecule has 6 rings (SSSR count). The lowest BCUT2D eigenvalue weighted by atomic mass is 9.98. The van der Waals surface area contributed by atoms with Crippen LogP contribution in [0.5, 0.6) is 0 Å². The molecule has 0 saturated carbocycles. The maximum atomic E-state index is 12.7. The van der Waals surface area contributed by atoms with Crippen molar-refractivity contribution in [2.24, 2.45) is 0 Å². The Morgan fingerprint density at radius 3 is 2.37 bits per heavy atom. The summed E-state index contributed by atoms with van der Waals surface area (Å²) in [4.78, 5) is 32.1. The maximum absolute atomic E-state index is 12.7. The Bertz CT molecular complexity index is 1600. The molecule has 0 aliphatic heterocycles. The molecular formula is C31H25N3O4. The van der Waals surface area contributed by atoms with Gasteiger partial charge in [-0.1, -0.05) is 66.7 Å². The Morgan fingerprint density at radius 2 is 1.68 bits per heavy atom. The van der Waals surface area contributed by atoms with Crippen molar-refractivity contribution in [2.75, 3.05) is 6.61 Å². The third kappa shape index (κ3) is 4.39. The summed E-state index contributed by atoms with van der Waals surface area (Å²) in [7, 11) is 0. The van der Waals surface area contributed by atoms with Crippen LogP contribution >= 0.6 is 0 Å². The zero-order valence-corrected chi connectivity index (χ0v) is 20.4. The first-order chi connectivity index (χ1) is 18.6. The number of benzene rings is 3. The summed E-state index contributed by atoms with van der Waals surface area (Å²) < 4.78 is 5.56. The summed E-state index contributed by atoms with van der Waals surface area (Å²) in [5, 5.41) is 13.3. The van der Waals surface area contributed by atoms with Gasteiger partial charge in [0.1, 0.15) is 12.6 Å². The van der Waals surface area contributed by atoms with E-state index in [1.807, 2.05) is 66.7 Å². The second-order valence-corrected chi connectivity index (χ2v) is 9.38. The molecule has 1 aliphatic carbocycles. The summed E-state index contributed by atoms with van der Waals surface area (Å²) in [6.07, 6.45) is 4.67. The van der Waals surface area contributed by atoms with E-state index in [2.05, 4.69) is 27.4 Å². The van der Waals surface area contributed by atoms with Crippen molar-refractivity contribution in [3.63, 3.8) is 0 Å². The molecule has 3 aromatic carbocycles. The maximum Gasteiger partial charge on any atom is 0.407 e. The second kappa shape index (κ2) is 9.86. The molecule has 7 nitrogen and oxygen atoms in total. The molecule has 0 radical (unpaired) electrons. The van der Waals surface area contributed by atoms with Crippen LogP contribution in [0, 0.1) is 0 Å². The molecule has 0 spiro atoms. The molecule has 0 bridgehead atoms. The van der Waals surface area contributed by atoms with Crippen molar-refractivity contribution in [3.8, 4) is 22.3 Å². The van der Waals surface area contributed by atoms with Crippen molar-refractivity contribution in [1.29, 1.82) is 0 Å². The number of carboxylic acid groups (broad SMARTS) is 1. The summed E-state index contributed by atoms with van der Waals surface area (Å²) in [5.41, 5.74) is 8.13. The van der Waals surface area contributed by atoms with Crippen molar-refractivity contribution in [2.45, 2.75) is 18.4 Å². The third-order valence-electron chi connectivity index (χ3n) is 7.12. The lowest BCUT2D eigenvalue weighted by molar-refractivity contribution is -0.139. The highest BCUT2D eigenvalue weighted by molar-refractivity contribution is 5.89. The number of aliphatic carboxylic acids is 1. The van der Waals surface area contributed by atoms with Gasteiger partial charge >= 0.3 is 12.1 Å². The van der Waals surface area contributed by atoms with Crippen LogP contribution in [0.4, 0.5) is 4.79 Å². The first-order valence-corrected chi connectivity index (χ1v) is 12.4. The number of alkyl carbamates (subject to hydrolysis) is 1. The number of pyridine rings is 1. The van der Waals surface area contributed by atoms with Gasteiger partial charge in [-0.3, -0.25) is 4.98 Å². The topological polar surface area (TPSA) is 104 Å². The Kier molecular flexibility index (Phi) is 6.09. The van der Waals surface area contributed by atoms with Crippen molar-refractivity contribution < 1.29 is 19.4 Å². The number of rotatable bonds is 7. The minimum absolute atomic E-state index is 0.0981. The van der Waals surface area contributed by atoms with Gasteiger partial charge in [-0.25, -0.2) is 9.59 Å².